The molecular weight excluding hydrogens is 432 g/mol. The third kappa shape index (κ3) is 7.37. The van der Waals surface area contributed by atoms with Crippen molar-refractivity contribution >= 4 is 12.3 Å². The summed E-state index contributed by atoms with van der Waals surface area (Å²) in [5.41, 5.74) is 2.41. The fraction of sp³-hybridized carbons (Fsp3) is 0.286. The van der Waals surface area contributed by atoms with Crippen molar-refractivity contribution in [3.8, 4) is 33.8 Å². The van der Waals surface area contributed by atoms with E-state index in [0.29, 0.717) is 11.5 Å². The number of carbonyl (C=O) groups is 2. The van der Waals surface area contributed by atoms with E-state index in [2.05, 4.69) is 6.07 Å². The average molecular weight is 462 g/mol. The third-order valence-electron chi connectivity index (χ3n) is 4.35. The van der Waals surface area contributed by atoms with Gasteiger partial charge in [0.25, 0.3) is 0 Å². The van der Waals surface area contributed by atoms with Crippen LogP contribution < -0.4 is 9.47 Å². The van der Waals surface area contributed by atoms with Crippen LogP contribution in [-0.2, 0) is 9.47 Å². The minimum atomic E-state index is -0.749. The summed E-state index contributed by atoms with van der Waals surface area (Å²) in [6.07, 6.45) is -1.50. The van der Waals surface area contributed by atoms with Gasteiger partial charge < -0.3 is 18.9 Å². The highest BCUT2D eigenvalue weighted by atomic mass is 16.7. The van der Waals surface area contributed by atoms with Crippen molar-refractivity contribution in [2.75, 3.05) is 0 Å². The molecule has 0 saturated heterocycles. The summed E-state index contributed by atoms with van der Waals surface area (Å²) in [6, 6.07) is 23.3. The molecule has 0 aliphatic carbocycles. The van der Waals surface area contributed by atoms with Crippen LogP contribution in [-0.4, -0.2) is 23.5 Å². The molecule has 0 atom stereocenters. The number of ether oxygens (including phenoxy) is 4. The van der Waals surface area contributed by atoms with Crippen molar-refractivity contribution in [2.45, 2.75) is 52.7 Å². The zero-order valence-electron chi connectivity index (χ0n) is 20.3. The van der Waals surface area contributed by atoms with Gasteiger partial charge in [0.1, 0.15) is 22.7 Å². The summed E-state index contributed by atoms with van der Waals surface area (Å²) in [5, 5.41) is 0. The predicted molar refractivity (Wildman–Crippen MR) is 130 cm³/mol. The van der Waals surface area contributed by atoms with Crippen LogP contribution in [0, 0.1) is 6.07 Å². The Labute approximate surface area is 200 Å². The number of benzene rings is 3. The molecule has 0 fully saturated rings. The molecule has 0 heterocycles. The summed E-state index contributed by atoms with van der Waals surface area (Å²) in [7, 11) is 0. The topological polar surface area (TPSA) is 71.1 Å². The van der Waals surface area contributed by atoms with E-state index in [-0.39, 0.29) is 0 Å². The van der Waals surface area contributed by atoms with Gasteiger partial charge in [-0.1, -0.05) is 42.5 Å². The lowest BCUT2D eigenvalue weighted by molar-refractivity contribution is 0.0193. The second-order valence-corrected chi connectivity index (χ2v) is 9.64. The Balaban J connectivity index is 1.76. The lowest BCUT2D eigenvalue weighted by Crippen LogP contribution is -2.25. The lowest BCUT2D eigenvalue weighted by Gasteiger charge is -2.19. The van der Waals surface area contributed by atoms with E-state index in [4.69, 9.17) is 18.9 Å². The fourth-order valence-electron chi connectivity index (χ4n) is 3.04. The monoisotopic (exact) mass is 461 g/mol. The van der Waals surface area contributed by atoms with E-state index in [1.165, 1.54) is 0 Å². The van der Waals surface area contributed by atoms with Crippen molar-refractivity contribution in [3.05, 3.63) is 72.8 Å². The Morgan fingerprint density at radius 3 is 1.53 bits per heavy atom. The van der Waals surface area contributed by atoms with Crippen LogP contribution in [0.25, 0.3) is 22.3 Å². The SMILES string of the molecule is CC(C)(C)OC(=O)Oc1ccc(-c2[c]cccc2-c2ccc(OC(=O)OC(C)(C)C)cc2)cc1. The van der Waals surface area contributed by atoms with E-state index < -0.39 is 23.5 Å². The van der Waals surface area contributed by atoms with Gasteiger partial charge in [0.15, 0.2) is 0 Å². The van der Waals surface area contributed by atoms with Crippen LogP contribution in [0.2, 0.25) is 0 Å². The molecule has 0 unspecified atom stereocenters. The van der Waals surface area contributed by atoms with Gasteiger partial charge in [-0.05, 0) is 94.1 Å². The molecule has 0 spiro atoms. The van der Waals surface area contributed by atoms with Gasteiger partial charge in [-0.2, -0.15) is 0 Å². The largest absolute Gasteiger partial charge is 0.514 e. The first kappa shape index (κ1) is 24.8. The number of rotatable bonds is 4. The van der Waals surface area contributed by atoms with Crippen molar-refractivity contribution < 1.29 is 28.5 Å². The van der Waals surface area contributed by atoms with E-state index in [1.54, 1.807) is 65.8 Å². The maximum atomic E-state index is 11.9. The number of hydrogen-bond donors (Lipinski definition) is 0. The van der Waals surface area contributed by atoms with E-state index >= 15 is 0 Å². The Hall–Kier alpha value is -3.80. The van der Waals surface area contributed by atoms with Crippen molar-refractivity contribution in [1.82, 2.24) is 0 Å². The quantitative estimate of drug-likeness (QED) is 0.297. The van der Waals surface area contributed by atoms with Crippen LogP contribution in [0.1, 0.15) is 41.5 Å². The molecule has 1 radical (unpaired) electrons. The molecule has 34 heavy (non-hydrogen) atoms. The van der Waals surface area contributed by atoms with Crippen molar-refractivity contribution in [2.24, 2.45) is 0 Å². The molecular formula is C28H29O6. The number of hydrogen-bond acceptors (Lipinski definition) is 6. The Kier molecular flexibility index (Phi) is 7.30. The minimum Gasteiger partial charge on any atom is -0.428 e. The molecule has 0 bridgehead atoms. The van der Waals surface area contributed by atoms with Crippen LogP contribution in [0.4, 0.5) is 9.59 Å². The first-order valence-corrected chi connectivity index (χ1v) is 10.9. The molecule has 0 aliphatic rings. The predicted octanol–water partition coefficient (Wildman–Crippen LogP) is 7.45. The second-order valence-electron chi connectivity index (χ2n) is 9.64. The molecule has 177 valence electrons. The van der Waals surface area contributed by atoms with Crippen LogP contribution in [0.15, 0.2) is 66.7 Å². The maximum absolute atomic E-state index is 11.9. The minimum absolute atomic E-state index is 0.388. The van der Waals surface area contributed by atoms with E-state index in [0.717, 1.165) is 22.3 Å². The summed E-state index contributed by atoms with van der Waals surface area (Å²) >= 11 is 0. The van der Waals surface area contributed by atoms with Gasteiger partial charge in [0, 0.05) is 0 Å². The normalized spacial score (nSPS) is 11.5. The summed E-state index contributed by atoms with van der Waals surface area (Å²) in [4.78, 5) is 23.8. The van der Waals surface area contributed by atoms with Gasteiger partial charge in [0.05, 0.1) is 0 Å². The van der Waals surface area contributed by atoms with E-state index in [9.17, 15) is 9.59 Å². The standard InChI is InChI=1S/C28H29O6/c1-27(2,3)33-25(29)31-21-15-11-19(12-16-21)23-9-7-8-10-24(23)20-13-17-22(18-14-20)32-26(30)34-28(4,5)6/h7-9,11-18H,1-6H3. The molecule has 0 aromatic heterocycles. The van der Waals surface area contributed by atoms with E-state index in [1.807, 2.05) is 42.5 Å². The van der Waals surface area contributed by atoms with Gasteiger partial charge in [-0.3, -0.25) is 0 Å². The van der Waals surface area contributed by atoms with Gasteiger partial charge >= 0.3 is 12.3 Å². The Morgan fingerprint density at radius 2 is 1.09 bits per heavy atom. The molecule has 3 rings (SSSR count). The average Bonchev–Trinajstić information content (AvgIpc) is 2.72. The zero-order valence-corrected chi connectivity index (χ0v) is 20.3. The first-order valence-electron chi connectivity index (χ1n) is 10.9. The fourth-order valence-corrected chi connectivity index (χ4v) is 3.04. The third-order valence-corrected chi connectivity index (χ3v) is 4.35. The summed E-state index contributed by atoms with van der Waals surface area (Å²) in [6.45, 7) is 10.7. The smallest absolute Gasteiger partial charge is 0.428 e. The summed E-state index contributed by atoms with van der Waals surface area (Å²) in [5.74, 6) is 0.780. The first-order chi connectivity index (χ1) is 15.9. The highest BCUT2D eigenvalue weighted by Crippen LogP contribution is 2.33. The Bertz CT molecular complexity index is 1040. The highest BCUT2D eigenvalue weighted by molar-refractivity contribution is 5.83. The lowest BCUT2D eigenvalue weighted by atomic mass is 9.94. The van der Waals surface area contributed by atoms with Crippen LogP contribution >= 0.6 is 0 Å². The number of carbonyl (C=O) groups excluding carboxylic acids is 2. The molecule has 6 heteroatoms. The summed E-state index contributed by atoms with van der Waals surface area (Å²) < 4.78 is 20.9. The maximum Gasteiger partial charge on any atom is 0.514 e. The molecule has 3 aromatic carbocycles. The molecule has 0 amide bonds. The zero-order chi connectivity index (χ0) is 24.9. The van der Waals surface area contributed by atoms with Crippen molar-refractivity contribution in [1.29, 1.82) is 0 Å². The van der Waals surface area contributed by atoms with Crippen LogP contribution in [0.5, 0.6) is 11.5 Å². The molecule has 0 saturated carbocycles. The Morgan fingerprint density at radius 1 is 0.647 bits per heavy atom. The van der Waals surface area contributed by atoms with Crippen LogP contribution in [0.3, 0.4) is 0 Å². The molecule has 6 nitrogen and oxygen atoms in total. The van der Waals surface area contributed by atoms with Gasteiger partial charge in [-0.15, -0.1) is 0 Å². The second kappa shape index (κ2) is 10.00. The van der Waals surface area contributed by atoms with Gasteiger partial charge in [-0.25, -0.2) is 9.59 Å². The van der Waals surface area contributed by atoms with Crippen molar-refractivity contribution in [3.63, 3.8) is 0 Å². The molecule has 0 N–H and O–H groups in total. The van der Waals surface area contributed by atoms with Gasteiger partial charge in [0.2, 0.25) is 0 Å². The highest BCUT2D eigenvalue weighted by Gasteiger charge is 2.19. The molecule has 3 aromatic rings. The molecule has 0 aliphatic heterocycles.